The predicted octanol–water partition coefficient (Wildman–Crippen LogP) is 3.63. The van der Waals surface area contributed by atoms with Crippen LogP contribution >= 0.6 is 0 Å². The number of carbonyl (C=O) groups excluding carboxylic acids is 1. The van der Waals surface area contributed by atoms with Gasteiger partial charge in [-0.15, -0.1) is 10.1 Å². The molecule has 0 saturated carbocycles. The SMILES string of the molecule is CC(C)c1nc(N(C)S(C)(=O)=O)nc(-c2ccc(F)cc2)c1/C=C/[C@@H](O)C[C@@H](O)CC(=O)Oc1ccccc1CO[N+](=O)[O-]. The van der Waals surface area contributed by atoms with E-state index in [0.717, 1.165) is 10.6 Å². The molecule has 0 bridgehead atoms. The summed E-state index contributed by atoms with van der Waals surface area (Å²) in [6.07, 6.45) is 0.623. The number of sulfonamides is 1. The first kappa shape index (κ1) is 34.0. The number of aliphatic hydroxyl groups excluding tert-OH is 2. The van der Waals surface area contributed by atoms with E-state index in [1.165, 1.54) is 55.6 Å². The van der Waals surface area contributed by atoms with Gasteiger partial charge in [0.2, 0.25) is 16.0 Å². The minimum absolute atomic E-state index is 0.0338. The van der Waals surface area contributed by atoms with E-state index in [4.69, 9.17) is 4.74 Å². The second-order valence-corrected chi connectivity index (χ2v) is 12.2. The Labute approximate surface area is 253 Å². The number of para-hydroxylation sites is 1. The first-order chi connectivity index (χ1) is 20.6. The number of hydrogen-bond acceptors (Lipinski definition) is 11. The molecule has 2 aromatic carbocycles. The molecule has 0 saturated heterocycles. The Hall–Kier alpha value is -4.47. The molecule has 0 aliphatic rings. The van der Waals surface area contributed by atoms with Crippen molar-refractivity contribution < 1.29 is 42.5 Å². The van der Waals surface area contributed by atoms with Crippen LogP contribution in [0.3, 0.4) is 0 Å². The van der Waals surface area contributed by atoms with Crippen LogP contribution in [0.5, 0.6) is 5.75 Å². The van der Waals surface area contributed by atoms with Crippen LogP contribution in [0.4, 0.5) is 10.3 Å². The zero-order valence-corrected chi connectivity index (χ0v) is 25.3. The third-order valence-corrected chi connectivity index (χ3v) is 7.49. The summed E-state index contributed by atoms with van der Waals surface area (Å²) >= 11 is 0. The van der Waals surface area contributed by atoms with Crippen LogP contribution < -0.4 is 9.04 Å². The summed E-state index contributed by atoms with van der Waals surface area (Å²) in [7, 11) is -2.39. The first-order valence-electron chi connectivity index (χ1n) is 13.4. The molecule has 3 rings (SSSR count). The van der Waals surface area contributed by atoms with Gasteiger partial charge in [-0.1, -0.05) is 44.2 Å². The van der Waals surface area contributed by atoms with E-state index in [9.17, 15) is 37.9 Å². The van der Waals surface area contributed by atoms with E-state index in [1.54, 1.807) is 12.1 Å². The number of ether oxygens (including phenoxy) is 1. The third kappa shape index (κ3) is 9.52. The lowest BCUT2D eigenvalue weighted by Gasteiger charge is -2.20. The highest BCUT2D eigenvalue weighted by Crippen LogP contribution is 2.32. The molecule has 1 aromatic heterocycles. The topological polar surface area (TPSA) is 182 Å². The summed E-state index contributed by atoms with van der Waals surface area (Å²) in [4.78, 5) is 36.2. The molecule has 1 heterocycles. The van der Waals surface area contributed by atoms with Crippen LogP contribution in [0, 0.1) is 15.9 Å². The van der Waals surface area contributed by atoms with E-state index >= 15 is 0 Å². The van der Waals surface area contributed by atoms with Crippen molar-refractivity contribution in [2.75, 3.05) is 17.6 Å². The smallest absolute Gasteiger partial charge is 0.313 e. The monoisotopic (exact) mass is 632 g/mol. The van der Waals surface area contributed by atoms with Gasteiger partial charge in [0.1, 0.15) is 18.2 Å². The molecule has 2 atom stereocenters. The lowest BCUT2D eigenvalue weighted by atomic mass is 9.97. The molecular weight excluding hydrogens is 599 g/mol. The fraction of sp³-hybridized carbons (Fsp3) is 0.345. The maximum absolute atomic E-state index is 13.7. The van der Waals surface area contributed by atoms with Crippen molar-refractivity contribution in [1.82, 2.24) is 9.97 Å². The van der Waals surface area contributed by atoms with E-state index in [1.807, 2.05) is 13.8 Å². The van der Waals surface area contributed by atoms with Crippen molar-refractivity contribution in [3.8, 4) is 17.0 Å². The molecule has 0 aliphatic carbocycles. The van der Waals surface area contributed by atoms with E-state index < -0.39 is 52.1 Å². The number of nitrogens with zero attached hydrogens (tertiary/aromatic N) is 4. The fourth-order valence-corrected chi connectivity index (χ4v) is 4.42. The van der Waals surface area contributed by atoms with E-state index in [2.05, 4.69) is 14.8 Å². The summed E-state index contributed by atoms with van der Waals surface area (Å²) in [6, 6.07) is 11.5. The maximum atomic E-state index is 13.7. The van der Waals surface area contributed by atoms with Crippen molar-refractivity contribution in [3.63, 3.8) is 0 Å². The Morgan fingerprint density at radius 3 is 2.41 bits per heavy atom. The zero-order chi connectivity index (χ0) is 32.6. The van der Waals surface area contributed by atoms with Gasteiger partial charge in [0.05, 0.1) is 36.3 Å². The molecule has 0 unspecified atom stereocenters. The number of rotatable bonds is 14. The number of esters is 1. The average Bonchev–Trinajstić information content (AvgIpc) is 2.94. The van der Waals surface area contributed by atoms with Gasteiger partial charge in [-0.25, -0.2) is 27.1 Å². The minimum atomic E-state index is -3.70. The summed E-state index contributed by atoms with van der Waals surface area (Å²) in [6.45, 7) is 3.24. The fourth-order valence-electron chi connectivity index (χ4n) is 4.05. The molecule has 0 aliphatic heterocycles. The van der Waals surface area contributed by atoms with Crippen LogP contribution in [-0.2, 0) is 26.3 Å². The normalized spacial score (nSPS) is 13.1. The average molecular weight is 633 g/mol. The summed E-state index contributed by atoms with van der Waals surface area (Å²) in [5.74, 6) is -1.59. The molecule has 0 spiro atoms. The number of halogens is 1. The maximum Gasteiger partial charge on any atom is 0.313 e. The predicted molar refractivity (Wildman–Crippen MR) is 159 cm³/mol. The molecule has 0 amide bonds. The standard InChI is InChI=1S/C29H33FN4O9S/c1-18(2)27-24(28(19-9-11-21(30)12-10-19)32-29(31-27)33(3)44(4,40)41)14-13-22(35)15-23(36)16-26(37)43-25-8-6-5-7-20(25)17-42-34(38)39/h5-14,18,22-23,35-36H,15-17H2,1-4H3/b14-13+/t22-,23-/m1/s1. The van der Waals surface area contributed by atoms with E-state index in [-0.39, 0.29) is 29.6 Å². The van der Waals surface area contributed by atoms with Crippen LogP contribution in [-0.4, -0.2) is 65.2 Å². The van der Waals surface area contributed by atoms with Gasteiger partial charge in [0.15, 0.2) is 0 Å². The number of benzene rings is 2. The number of hydrogen-bond donors (Lipinski definition) is 2. The van der Waals surface area contributed by atoms with Crippen LogP contribution in [0.25, 0.3) is 17.3 Å². The highest BCUT2D eigenvalue weighted by Gasteiger charge is 2.23. The van der Waals surface area contributed by atoms with Crippen molar-refractivity contribution in [2.24, 2.45) is 0 Å². The quantitative estimate of drug-likeness (QED) is 0.115. The van der Waals surface area contributed by atoms with Crippen LogP contribution in [0.2, 0.25) is 0 Å². The molecule has 44 heavy (non-hydrogen) atoms. The third-order valence-electron chi connectivity index (χ3n) is 6.33. The summed E-state index contributed by atoms with van der Waals surface area (Å²) in [5, 5.41) is 30.6. The summed E-state index contributed by atoms with van der Waals surface area (Å²) in [5.41, 5.74) is 1.92. The minimum Gasteiger partial charge on any atom is -0.426 e. The molecule has 0 fully saturated rings. The Bertz CT molecular complexity index is 1620. The van der Waals surface area contributed by atoms with Crippen molar-refractivity contribution in [3.05, 3.63) is 87.4 Å². The first-order valence-corrected chi connectivity index (χ1v) is 15.2. The highest BCUT2D eigenvalue weighted by atomic mass is 32.2. The molecule has 13 nitrogen and oxygen atoms in total. The largest absolute Gasteiger partial charge is 0.426 e. The van der Waals surface area contributed by atoms with Gasteiger partial charge in [-0.05, 0) is 36.2 Å². The second-order valence-electron chi connectivity index (χ2n) is 10.2. The number of aliphatic hydroxyl groups is 2. The highest BCUT2D eigenvalue weighted by molar-refractivity contribution is 7.92. The lowest BCUT2D eigenvalue weighted by Crippen LogP contribution is -2.27. The van der Waals surface area contributed by atoms with Gasteiger partial charge < -0.3 is 19.8 Å². The lowest BCUT2D eigenvalue weighted by molar-refractivity contribution is -0.763. The molecule has 236 valence electrons. The van der Waals surface area contributed by atoms with Gasteiger partial charge in [0, 0.05) is 30.2 Å². The number of anilines is 1. The molecule has 0 radical (unpaired) electrons. The van der Waals surface area contributed by atoms with Gasteiger partial charge in [-0.2, -0.15) is 0 Å². The summed E-state index contributed by atoms with van der Waals surface area (Å²) < 4.78 is 44.3. The van der Waals surface area contributed by atoms with Gasteiger partial charge in [-0.3, -0.25) is 4.79 Å². The zero-order valence-electron chi connectivity index (χ0n) is 24.5. The molecule has 2 N–H and O–H groups in total. The number of aromatic nitrogens is 2. The molecule has 3 aromatic rings. The Morgan fingerprint density at radius 2 is 1.80 bits per heavy atom. The van der Waals surface area contributed by atoms with Crippen LogP contribution in [0.1, 0.15) is 49.4 Å². The Morgan fingerprint density at radius 1 is 1.14 bits per heavy atom. The van der Waals surface area contributed by atoms with E-state index in [0.29, 0.717) is 22.5 Å². The number of carbonyl (C=O) groups is 1. The van der Waals surface area contributed by atoms with Crippen molar-refractivity contribution in [2.45, 2.75) is 51.4 Å². The Balaban J connectivity index is 1.82. The molecular formula is C29H33FN4O9S. The Kier molecular flexibility index (Phi) is 11.5. The van der Waals surface area contributed by atoms with Gasteiger partial charge in [0.25, 0.3) is 5.09 Å². The molecule has 15 heteroatoms. The van der Waals surface area contributed by atoms with Crippen LogP contribution in [0.15, 0.2) is 54.6 Å². The van der Waals surface area contributed by atoms with Crippen molar-refractivity contribution >= 4 is 28.0 Å². The van der Waals surface area contributed by atoms with Crippen molar-refractivity contribution in [1.29, 1.82) is 0 Å². The second kappa shape index (κ2) is 14.8. The van der Waals surface area contributed by atoms with Gasteiger partial charge >= 0.3 is 5.97 Å².